The summed E-state index contributed by atoms with van der Waals surface area (Å²) in [4.78, 5) is 0. The van der Waals surface area contributed by atoms with E-state index in [0.29, 0.717) is 13.0 Å². The SMILES string of the molecule is CCCC(O)(C1=CCCCO1)c1ccccc1. The second kappa shape index (κ2) is 5.37. The third-order valence-electron chi connectivity index (χ3n) is 3.21. The number of allylic oxidation sites excluding steroid dienone is 1. The molecule has 0 fully saturated rings. The Labute approximate surface area is 103 Å². The van der Waals surface area contributed by atoms with E-state index in [1.165, 1.54) is 0 Å². The van der Waals surface area contributed by atoms with Gasteiger partial charge in [-0.15, -0.1) is 0 Å². The maximum absolute atomic E-state index is 10.9. The number of aliphatic hydroxyl groups is 1. The number of ether oxygens (including phenoxy) is 1. The van der Waals surface area contributed by atoms with Crippen LogP contribution in [0.1, 0.15) is 38.2 Å². The zero-order valence-corrected chi connectivity index (χ0v) is 10.4. The van der Waals surface area contributed by atoms with Gasteiger partial charge in [-0.1, -0.05) is 43.7 Å². The van der Waals surface area contributed by atoms with Crippen LogP contribution in [0.5, 0.6) is 0 Å². The molecule has 0 amide bonds. The van der Waals surface area contributed by atoms with Crippen LogP contribution in [-0.4, -0.2) is 11.7 Å². The normalized spacial score (nSPS) is 19.1. The summed E-state index contributed by atoms with van der Waals surface area (Å²) in [7, 11) is 0. The second-order valence-corrected chi connectivity index (χ2v) is 4.54. The number of hydrogen-bond acceptors (Lipinski definition) is 2. The highest BCUT2D eigenvalue weighted by atomic mass is 16.5. The molecule has 1 aromatic rings. The lowest BCUT2D eigenvalue weighted by atomic mass is 9.86. The van der Waals surface area contributed by atoms with Crippen LogP contribution < -0.4 is 0 Å². The Hall–Kier alpha value is -1.28. The van der Waals surface area contributed by atoms with Gasteiger partial charge in [0.05, 0.1) is 6.61 Å². The van der Waals surface area contributed by atoms with Crippen molar-refractivity contribution in [3.05, 3.63) is 47.7 Å². The molecule has 0 aliphatic carbocycles. The lowest BCUT2D eigenvalue weighted by Crippen LogP contribution is -2.31. The molecule has 2 nitrogen and oxygen atoms in total. The Morgan fingerprint density at radius 1 is 1.29 bits per heavy atom. The summed E-state index contributed by atoms with van der Waals surface area (Å²) < 4.78 is 5.66. The molecule has 1 atom stereocenters. The van der Waals surface area contributed by atoms with E-state index in [-0.39, 0.29) is 0 Å². The maximum atomic E-state index is 10.9. The molecule has 0 bridgehead atoms. The van der Waals surface area contributed by atoms with Gasteiger partial charge in [0.15, 0.2) is 0 Å². The predicted molar refractivity (Wildman–Crippen MR) is 68.5 cm³/mol. The second-order valence-electron chi connectivity index (χ2n) is 4.54. The van der Waals surface area contributed by atoms with E-state index in [4.69, 9.17) is 4.74 Å². The lowest BCUT2D eigenvalue weighted by Gasteiger charge is -2.32. The zero-order chi connectivity index (χ0) is 12.1. The minimum Gasteiger partial charge on any atom is -0.495 e. The third kappa shape index (κ3) is 2.52. The molecule has 0 radical (unpaired) electrons. The molecule has 1 aromatic carbocycles. The molecule has 1 aliphatic rings. The van der Waals surface area contributed by atoms with Gasteiger partial charge in [0.25, 0.3) is 0 Å². The highest BCUT2D eigenvalue weighted by molar-refractivity contribution is 5.30. The van der Waals surface area contributed by atoms with Crippen molar-refractivity contribution in [2.45, 2.75) is 38.2 Å². The van der Waals surface area contributed by atoms with Crippen molar-refractivity contribution in [2.75, 3.05) is 6.61 Å². The van der Waals surface area contributed by atoms with E-state index in [9.17, 15) is 5.11 Å². The van der Waals surface area contributed by atoms with Crippen molar-refractivity contribution >= 4 is 0 Å². The smallest absolute Gasteiger partial charge is 0.146 e. The standard InChI is InChI=1S/C15H20O2/c1-2-11-15(16,13-8-4-3-5-9-13)14-10-6-7-12-17-14/h3-5,8-10,16H,2,6-7,11-12H2,1H3. The van der Waals surface area contributed by atoms with Crippen LogP contribution in [0, 0.1) is 0 Å². The molecule has 92 valence electrons. The summed E-state index contributed by atoms with van der Waals surface area (Å²) in [5.41, 5.74) is -0.0221. The molecule has 1 N–H and O–H groups in total. The summed E-state index contributed by atoms with van der Waals surface area (Å²) in [6.07, 6.45) is 5.69. The van der Waals surface area contributed by atoms with Gasteiger partial charge in [0, 0.05) is 0 Å². The molecule has 1 heterocycles. The van der Waals surface area contributed by atoms with Gasteiger partial charge in [-0.3, -0.25) is 0 Å². The van der Waals surface area contributed by atoms with Crippen LogP contribution in [0.2, 0.25) is 0 Å². The Morgan fingerprint density at radius 2 is 2.06 bits per heavy atom. The van der Waals surface area contributed by atoms with Crippen molar-refractivity contribution in [1.82, 2.24) is 0 Å². The monoisotopic (exact) mass is 232 g/mol. The van der Waals surface area contributed by atoms with E-state index < -0.39 is 5.60 Å². The Bertz CT molecular complexity index is 383. The van der Waals surface area contributed by atoms with E-state index >= 15 is 0 Å². The van der Waals surface area contributed by atoms with E-state index in [1.807, 2.05) is 36.4 Å². The van der Waals surface area contributed by atoms with Crippen LogP contribution in [0.3, 0.4) is 0 Å². The fraction of sp³-hybridized carbons (Fsp3) is 0.467. The summed E-state index contributed by atoms with van der Waals surface area (Å²) in [5.74, 6) is 0.733. The molecule has 1 aliphatic heterocycles. The van der Waals surface area contributed by atoms with Gasteiger partial charge >= 0.3 is 0 Å². The Morgan fingerprint density at radius 3 is 2.65 bits per heavy atom. The summed E-state index contributed by atoms with van der Waals surface area (Å²) in [6, 6.07) is 9.81. The minimum atomic E-state index is -0.948. The molecule has 2 rings (SSSR count). The van der Waals surface area contributed by atoms with Crippen molar-refractivity contribution in [3.8, 4) is 0 Å². The number of hydrogen-bond donors (Lipinski definition) is 1. The van der Waals surface area contributed by atoms with Crippen molar-refractivity contribution < 1.29 is 9.84 Å². The maximum Gasteiger partial charge on any atom is 0.146 e. The van der Waals surface area contributed by atoms with Crippen LogP contribution >= 0.6 is 0 Å². The molecular formula is C15H20O2. The average Bonchev–Trinajstić information content (AvgIpc) is 2.41. The molecular weight excluding hydrogens is 212 g/mol. The van der Waals surface area contributed by atoms with E-state index in [2.05, 4.69) is 6.92 Å². The van der Waals surface area contributed by atoms with Crippen molar-refractivity contribution in [2.24, 2.45) is 0 Å². The van der Waals surface area contributed by atoms with Crippen molar-refractivity contribution in [1.29, 1.82) is 0 Å². The zero-order valence-electron chi connectivity index (χ0n) is 10.4. The molecule has 0 saturated carbocycles. The van der Waals surface area contributed by atoms with E-state index in [1.54, 1.807) is 0 Å². The van der Waals surface area contributed by atoms with Gasteiger partial charge < -0.3 is 9.84 Å². The molecule has 0 aromatic heterocycles. The third-order valence-corrected chi connectivity index (χ3v) is 3.21. The molecule has 2 heteroatoms. The van der Waals surface area contributed by atoms with Gasteiger partial charge in [-0.05, 0) is 30.9 Å². The Balaban J connectivity index is 2.35. The predicted octanol–water partition coefficient (Wildman–Crippen LogP) is 3.37. The lowest BCUT2D eigenvalue weighted by molar-refractivity contribution is -0.00671. The fourth-order valence-corrected chi connectivity index (χ4v) is 2.33. The van der Waals surface area contributed by atoms with Crippen LogP contribution in [0.4, 0.5) is 0 Å². The molecule has 1 unspecified atom stereocenters. The minimum absolute atomic E-state index is 0.697. The highest BCUT2D eigenvalue weighted by Crippen LogP contribution is 2.36. The number of benzene rings is 1. The summed E-state index contributed by atoms with van der Waals surface area (Å²) in [6.45, 7) is 2.79. The van der Waals surface area contributed by atoms with Gasteiger partial charge in [0.1, 0.15) is 11.4 Å². The highest BCUT2D eigenvalue weighted by Gasteiger charge is 2.35. The number of rotatable bonds is 4. The molecule has 0 spiro atoms. The van der Waals surface area contributed by atoms with Gasteiger partial charge in [-0.2, -0.15) is 0 Å². The van der Waals surface area contributed by atoms with Gasteiger partial charge in [-0.25, -0.2) is 0 Å². The summed E-state index contributed by atoms with van der Waals surface area (Å²) >= 11 is 0. The topological polar surface area (TPSA) is 29.5 Å². The van der Waals surface area contributed by atoms with Crippen molar-refractivity contribution in [3.63, 3.8) is 0 Å². The largest absolute Gasteiger partial charge is 0.495 e. The summed E-state index contributed by atoms with van der Waals surface area (Å²) in [5, 5.41) is 10.9. The molecule has 17 heavy (non-hydrogen) atoms. The van der Waals surface area contributed by atoms with Crippen LogP contribution in [0.25, 0.3) is 0 Å². The van der Waals surface area contributed by atoms with E-state index in [0.717, 1.165) is 30.6 Å². The first-order valence-corrected chi connectivity index (χ1v) is 6.38. The Kier molecular flexibility index (Phi) is 3.85. The quantitative estimate of drug-likeness (QED) is 0.862. The first kappa shape index (κ1) is 12.2. The first-order valence-electron chi connectivity index (χ1n) is 6.38. The first-order chi connectivity index (χ1) is 8.27. The van der Waals surface area contributed by atoms with Crippen LogP contribution in [-0.2, 0) is 10.3 Å². The van der Waals surface area contributed by atoms with Gasteiger partial charge in [0.2, 0.25) is 0 Å². The average molecular weight is 232 g/mol. The fourth-order valence-electron chi connectivity index (χ4n) is 2.33. The molecule has 0 saturated heterocycles. The van der Waals surface area contributed by atoms with Crippen LogP contribution in [0.15, 0.2) is 42.2 Å².